The summed E-state index contributed by atoms with van der Waals surface area (Å²) in [5, 5.41) is 8.77. The second-order valence-corrected chi connectivity index (χ2v) is 4.94. The van der Waals surface area contributed by atoms with Gasteiger partial charge in [-0.15, -0.1) is 0 Å². The minimum Gasteiger partial charge on any atom is -0.484 e. The molecular weight excluding hydrogens is 265 g/mol. The Labute approximate surface area is 116 Å². The molecule has 0 spiro atoms. The van der Waals surface area contributed by atoms with Gasteiger partial charge in [-0.3, -0.25) is 4.79 Å². The van der Waals surface area contributed by atoms with E-state index >= 15 is 0 Å². The van der Waals surface area contributed by atoms with E-state index in [1.807, 2.05) is 19.1 Å². The third-order valence-corrected chi connectivity index (χ3v) is 3.31. The maximum atomic E-state index is 13.8. The third kappa shape index (κ3) is 3.07. The summed E-state index contributed by atoms with van der Waals surface area (Å²) in [6, 6.07) is 7.22. The summed E-state index contributed by atoms with van der Waals surface area (Å²) in [7, 11) is 0. The van der Waals surface area contributed by atoms with E-state index in [-0.39, 0.29) is 19.6 Å². The zero-order valence-corrected chi connectivity index (χ0v) is 11.1. The van der Waals surface area contributed by atoms with Crippen LogP contribution in [0.2, 0.25) is 0 Å². The minimum absolute atomic E-state index is 0.0960. The van der Waals surface area contributed by atoms with Crippen LogP contribution in [0.1, 0.15) is 12.0 Å². The monoisotopic (exact) mass is 281 g/mol. The Morgan fingerprint density at radius 3 is 2.85 bits per heavy atom. The number of carbonyl (C=O) groups excluding carboxylic acids is 1. The second kappa shape index (κ2) is 5.48. The molecule has 1 saturated heterocycles. The predicted octanol–water partition coefficient (Wildman–Crippen LogP) is 1.40. The highest BCUT2D eigenvalue weighted by atomic mass is 19.1. The first-order valence-corrected chi connectivity index (χ1v) is 6.30. The maximum Gasteiger partial charge on any atom is 0.343 e. The lowest BCUT2D eigenvalue weighted by molar-refractivity contribution is -0.150. The number of halogens is 1. The molecule has 1 aromatic carbocycles. The Hall–Kier alpha value is -2.11. The van der Waals surface area contributed by atoms with Crippen molar-refractivity contribution in [2.45, 2.75) is 19.0 Å². The zero-order valence-electron chi connectivity index (χ0n) is 11.1. The van der Waals surface area contributed by atoms with Crippen molar-refractivity contribution in [3.8, 4) is 5.75 Å². The summed E-state index contributed by atoms with van der Waals surface area (Å²) < 4.78 is 19.2. The molecule has 1 aliphatic heterocycles. The Kier molecular flexibility index (Phi) is 3.92. The smallest absolute Gasteiger partial charge is 0.343 e. The van der Waals surface area contributed by atoms with E-state index in [0.29, 0.717) is 5.75 Å². The van der Waals surface area contributed by atoms with E-state index in [1.165, 1.54) is 4.90 Å². The molecule has 1 N–H and O–H groups in total. The van der Waals surface area contributed by atoms with Crippen LogP contribution < -0.4 is 4.74 Å². The fourth-order valence-corrected chi connectivity index (χ4v) is 2.10. The molecule has 5 nitrogen and oxygen atoms in total. The van der Waals surface area contributed by atoms with Gasteiger partial charge in [-0.2, -0.15) is 0 Å². The highest BCUT2D eigenvalue weighted by molar-refractivity contribution is 5.83. The van der Waals surface area contributed by atoms with Gasteiger partial charge in [0.05, 0.1) is 6.54 Å². The van der Waals surface area contributed by atoms with E-state index in [2.05, 4.69) is 0 Å². The molecule has 0 aliphatic carbocycles. The van der Waals surface area contributed by atoms with Crippen LogP contribution in [-0.4, -0.2) is 47.2 Å². The number of aliphatic carboxylic acids is 1. The molecule has 1 atom stereocenters. The van der Waals surface area contributed by atoms with Gasteiger partial charge in [0.25, 0.3) is 5.91 Å². The van der Waals surface area contributed by atoms with E-state index in [1.54, 1.807) is 12.1 Å². The van der Waals surface area contributed by atoms with Crippen molar-refractivity contribution in [2.24, 2.45) is 0 Å². The van der Waals surface area contributed by atoms with Gasteiger partial charge < -0.3 is 14.7 Å². The molecule has 0 radical (unpaired) electrons. The van der Waals surface area contributed by atoms with Crippen LogP contribution in [0.3, 0.4) is 0 Å². The SMILES string of the molecule is Cc1cccc(OCC(=O)N2CCC(F)(C(=O)O)C2)c1. The Morgan fingerprint density at radius 2 is 2.25 bits per heavy atom. The van der Waals surface area contributed by atoms with E-state index in [4.69, 9.17) is 9.84 Å². The van der Waals surface area contributed by atoms with Crippen LogP contribution in [0.25, 0.3) is 0 Å². The lowest BCUT2D eigenvalue weighted by atomic mass is 10.1. The van der Waals surface area contributed by atoms with Crippen LogP contribution in [0.15, 0.2) is 24.3 Å². The fourth-order valence-electron chi connectivity index (χ4n) is 2.10. The predicted molar refractivity (Wildman–Crippen MR) is 69.3 cm³/mol. The van der Waals surface area contributed by atoms with Crippen molar-refractivity contribution in [2.75, 3.05) is 19.7 Å². The molecule has 6 heteroatoms. The highest BCUT2D eigenvalue weighted by Gasteiger charge is 2.46. The molecule has 0 bridgehead atoms. The molecule has 20 heavy (non-hydrogen) atoms. The average molecular weight is 281 g/mol. The molecule has 1 aliphatic rings. The van der Waals surface area contributed by atoms with Crippen molar-refractivity contribution in [3.05, 3.63) is 29.8 Å². The van der Waals surface area contributed by atoms with Gasteiger partial charge in [0.1, 0.15) is 5.75 Å². The van der Waals surface area contributed by atoms with Gasteiger partial charge in [-0.05, 0) is 24.6 Å². The topological polar surface area (TPSA) is 66.8 Å². The van der Waals surface area contributed by atoms with Gasteiger partial charge in [0, 0.05) is 13.0 Å². The molecule has 1 unspecified atom stereocenters. The Bertz CT molecular complexity index is 534. The number of rotatable bonds is 4. The first kappa shape index (κ1) is 14.3. The summed E-state index contributed by atoms with van der Waals surface area (Å²) in [5.74, 6) is -1.37. The van der Waals surface area contributed by atoms with E-state index < -0.39 is 24.1 Å². The number of amides is 1. The molecular formula is C14H16FNO4. The molecule has 2 rings (SSSR count). The normalized spacial score (nSPS) is 21.8. The van der Waals surface area contributed by atoms with E-state index in [9.17, 15) is 14.0 Å². The number of likely N-dealkylation sites (tertiary alicyclic amines) is 1. The maximum absolute atomic E-state index is 13.8. The molecule has 1 amide bonds. The first-order valence-electron chi connectivity index (χ1n) is 6.30. The number of carbonyl (C=O) groups is 2. The van der Waals surface area contributed by atoms with Crippen LogP contribution in [-0.2, 0) is 9.59 Å². The molecule has 0 saturated carbocycles. The van der Waals surface area contributed by atoms with Gasteiger partial charge >= 0.3 is 5.97 Å². The van der Waals surface area contributed by atoms with Gasteiger partial charge in [-0.25, -0.2) is 9.18 Å². The lowest BCUT2D eigenvalue weighted by Gasteiger charge is -2.18. The number of carboxylic acids is 1. The number of benzene rings is 1. The van der Waals surface area contributed by atoms with Gasteiger partial charge in [-0.1, -0.05) is 12.1 Å². The highest BCUT2D eigenvalue weighted by Crippen LogP contribution is 2.26. The molecule has 108 valence electrons. The lowest BCUT2D eigenvalue weighted by Crippen LogP contribution is -2.40. The molecule has 0 aromatic heterocycles. The number of nitrogens with zero attached hydrogens (tertiary/aromatic N) is 1. The largest absolute Gasteiger partial charge is 0.484 e. The van der Waals surface area contributed by atoms with Crippen molar-refractivity contribution in [1.29, 1.82) is 0 Å². The first-order chi connectivity index (χ1) is 9.40. The van der Waals surface area contributed by atoms with Crippen LogP contribution in [0.4, 0.5) is 4.39 Å². The number of aryl methyl sites for hydroxylation is 1. The van der Waals surface area contributed by atoms with Crippen molar-refractivity contribution < 1.29 is 23.8 Å². The van der Waals surface area contributed by atoms with Crippen molar-refractivity contribution >= 4 is 11.9 Å². The summed E-state index contributed by atoms with van der Waals surface area (Å²) in [5.41, 5.74) is -1.33. The number of alkyl halides is 1. The minimum atomic E-state index is -2.33. The van der Waals surface area contributed by atoms with Crippen LogP contribution in [0.5, 0.6) is 5.75 Å². The number of hydrogen-bond acceptors (Lipinski definition) is 3. The molecule has 1 fully saturated rings. The number of ether oxygens (including phenoxy) is 1. The van der Waals surface area contributed by atoms with Gasteiger partial charge in [0.2, 0.25) is 5.67 Å². The molecule has 1 heterocycles. The van der Waals surface area contributed by atoms with E-state index in [0.717, 1.165) is 5.56 Å². The quantitative estimate of drug-likeness (QED) is 0.906. The third-order valence-electron chi connectivity index (χ3n) is 3.31. The summed E-state index contributed by atoms with van der Waals surface area (Å²) >= 11 is 0. The summed E-state index contributed by atoms with van der Waals surface area (Å²) in [6.45, 7) is 1.36. The fraction of sp³-hybridized carbons (Fsp3) is 0.429. The summed E-state index contributed by atoms with van der Waals surface area (Å²) in [4.78, 5) is 23.8. The number of carboxylic acid groups (broad SMARTS) is 1. The molecule has 1 aromatic rings. The standard InChI is InChI=1S/C14H16FNO4/c1-10-3-2-4-11(7-10)20-8-12(17)16-6-5-14(15,9-16)13(18)19/h2-4,7H,5-6,8-9H2,1H3,(H,18,19). The van der Waals surface area contributed by atoms with Crippen molar-refractivity contribution in [3.63, 3.8) is 0 Å². The van der Waals surface area contributed by atoms with Crippen molar-refractivity contribution in [1.82, 2.24) is 4.90 Å². The van der Waals surface area contributed by atoms with Crippen LogP contribution in [0, 0.1) is 6.92 Å². The Morgan fingerprint density at radius 1 is 1.50 bits per heavy atom. The average Bonchev–Trinajstić information content (AvgIpc) is 2.80. The van der Waals surface area contributed by atoms with Crippen LogP contribution >= 0.6 is 0 Å². The Balaban J connectivity index is 1.89. The van der Waals surface area contributed by atoms with Gasteiger partial charge in [0.15, 0.2) is 6.61 Å². The zero-order chi connectivity index (χ0) is 14.8. The summed E-state index contributed by atoms with van der Waals surface area (Å²) in [6.07, 6.45) is -0.182. The number of hydrogen-bond donors (Lipinski definition) is 1. The second-order valence-electron chi connectivity index (χ2n) is 4.94.